The van der Waals surface area contributed by atoms with Gasteiger partial charge in [-0.1, -0.05) is 6.07 Å². The van der Waals surface area contributed by atoms with E-state index in [1.807, 2.05) is 0 Å². The van der Waals surface area contributed by atoms with Crippen molar-refractivity contribution in [2.75, 3.05) is 12.8 Å². The molecule has 3 nitrogen and oxygen atoms in total. The van der Waals surface area contributed by atoms with Gasteiger partial charge in [0.1, 0.15) is 5.75 Å². The Bertz CT molecular complexity index is 597. The molecule has 0 spiro atoms. The first-order valence-corrected chi connectivity index (χ1v) is 5.38. The molecular weight excluding hydrogens is 257 g/mol. The molecule has 0 saturated carbocycles. The molecule has 0 aliphatic heterocycles. The number of hydrogen-bond acceptors (Lipinski definition) is 3. The number of benzene rings is 1. The Morgan fingerprint density at radius 2 is 1.89 bits per heavy atom. The SMILES string of the molecule is COc1ccncc1-c1ccc(C(F)(F)F)cc1N. The molecule has 6 heteroatoms. The van der Waals surface area contributed by atoms with Gasteiger partial charge in [-0.25, -0.2) is 0 Å². The number of nitrogens with two attached hydrogens (primary N) is 1. The van der Waals surface area contributed by atoms with Crippen LogP contribution in [0.1, 0.15) is 5.56 Å². The number of hydrogen-bond donors (Lipinski definition) is 1. The number of anilines is 1. The molecule has 0 fully saturated rings. The van der Waals surface area contributed by atoms with Crippen molar-refractivity contribution in [1.29, 1.82) is 0 Å². The summed E-state index contributed by atoms with van der Waals surface area (Å²) in [4.78, 5) is 3.92. The summed E-state index contributed by atoms with van der Waals surface area (Å²) in [6.45, 7) is 0. The van der Waals surface area contributed by atoms with E-state index < -0.39 is 11.7 Å². The first-order chi connectivity index (χ1) is 8.93. The van der Waals surface area contributed by atoms with E-state index >= 15 is 0 Å². The molecule has 1 aromatic heterocycles. The molecule has 100 valence electrons. The Kier molecular flexibility index (Phi) is 3.33. The normalized spacial score (nSPS) is 11.4. The topological polar surface area (TPSA) is 48.1 Å². The second-order valence-corrected chi connectivity index (χ2v) is 3.88. The Balaban J connectivity index is 2.53. The van der Waals surface area contributed by atoms with Crippen LogP contribution in [0.15, 0.2) is 36.7 Å². The molecule has 2 N–H and O–H groups in total. The number of pyridine rings is 1. The lowest BCUT2D eigenvalue weighted by Crippen LogP contribution is -2.06. The number of ether oxygens (including phenoxy) is 1. The van der Waals surface area contributed by atoms with Gasteiger partial charge in [-0.15, -0.1) is 0 Å². The van der Waals surface area contributed by atoms with Gasteiger partial charge < -0.3 is 10.5 Å². The quantitative estimate of drug-likeness (QED) is 0.849. The molecule has 0 radical (unpaired) electrons. The molecule has 0 amide bonds. The highest BCUT2D eigenvalue weighted by atomic mass is 19.4. The van der Waals surface area contributed by atoms with E-state index in [2.05, 4.69) is 4.98 Å². The highest BCUT2D eigenvalue weighted by Gasteiger charge is 2.31. The molecule has 2 rings (SSSR count). The highest BCUT2D eigenvalue weighted by Crippen LogP contribution is 2.37. The van der Waals surface area contributed by atoms with Crippen LogP contribution in [0.4, 0.5) is 18.9 Å². The highest BCUT2D eigenvalue weighted by molar-refractivity contribution is 5.80. The number of halogens is 3. The number of nitrogens with zero attached hydrogens (tertiary/aromatic N) is 1. The van der Waals surface area contributed by atoms with Crippen molar-refractivity contribution < 1.29 is 17.9 Å². The molecule has 1 aromatic carbocycles. The van der Waals surface area contributed by atoms with Gasteiger partial charge in [-0.05, 0) is 18.2 Å². The van der Waals surface area contributed by atoms with Crippen LogP contribution in [-0.4, -0.2) is 12.1 Å². The van der Waals surface area contributed by atoms with E-state index in [0.717, 1.165) is 12.1 Å². The lowest BCUT2D eigenvalue weighted by Gasteiger charge is -2.12. The predicted molar refractivity (Wildman–Crippen MR) is 65.6 cm³/mol. The number of nitrogen functional groups attached to an aromatic ring is 1. The summed E-state index contributed by atoms with van der Waals surface area (Å²) in [7, 11) is 1.47. The van der Waals surface area contributed by atoms with Gasteiger partial charge in [0, 0.05) is 29.2 Å². The monoisotopic (exact) mass is 268 g/mol. The summed E-state index contributed by atoms with van der Waals surface area (Å²) in [6.07, 6.45) is -1.38. The van der Waals surface area contributed by atoms with E-state index in [9.17, 15) is 13.2 Å². The molecule has 0 saturated heterocycles. The van der Waals surface area contributed by atoms with E-state index in [0.29, 0.717) is 16.9 Å². The van der Waals surface area contributed by atoms with Gasteiger partial charge in [0.15, 0.2) is 0 Å². The smallest absolute Gasteiger partial charge is 0.416 e. The van der Waals surface area contributed by atoms with Crippen LogP contribution in [0.3, 0.4) is 0 Å². The van der Waals surface area contributed by atoms with E-state index in [1.54, 1.807) is 6.07 Å². The lowest BCUT2D eigenvalue weighted by atomic mass is 10.0. The Morgan fingerprint density at radius 1 is 1.16 bits per heavy atom. The first-order valence-electron chi connectivity index (χ1n) is 5.38. The van der Waals surface area contributed by atoms with Crippen LogP contribution in [0.25, 0.3) is 11.1 Å². The zero-order chi connectivity index (χ0) is 14.0. The van der Waals surface area contributed by atoms with Crippen LogP contribution in [-0.2, 0) is 6.18 Å². The summed E-state index contributed by atoms with van der Waals surface area (Å²) >= 11 is 0. The van der Waals surface area contributed by atoms with E-state index in [-0.39, 0.29) is 5.69 Å². The third kappa shape index (κ3) is 2.62. The molecule has 0 aliphatic carbocycles. The minimum Gasteiger partial charge on any atom is -0.496 e. The average Bonchev–Trinajstić information content (AvgIpc) is 2.37. The third-order valence-electron chi connectivity index (χ3n) is 2.67. The average molecular weight is 268 g/mol. The standard InChI is InChI=1S/C13H11F3N2O/c1-19-12-4-5-18-7-10(12)9-3-2-8(6-11(9)17)13(14,15)16/h2-7H,17H2,1H3. The zero-order valence-corrected chi connectivity index (χ0v) is 10.0. The fourth-order valence-corrected chi connectivity index (χ4v) is 1.75. The summed E-state index contributed by atoms with van der Waals surface area (Å²) in [5.41, 5.74) is 5.95. The zero-order valence-electron chi connectivity index (χ0n) is 10.0. The number of alkyl halides is 3. The summed E-state index contributed by atoms with van der Waals surface area (Å²) in [5, 5.41) is 0. The fraction of sp³-hybridized carbons (Fsp3) is 0.154. The minimum absolute atomic E-state index is 0.0288. The maximum Gasteiger partial charge on any atom is 0.416 e. The van der Waals surface area contributed by atoms with Gasteiger partial charge in [0.05, 0.1) is 12.7 Å². The van der Waals surface area contributed by atoms with Gasteiger partial charge in [-0.3, -0.25) is 4.98 Å². The van der Waals surface area contributed by atoms with Gasteiger partial charge in [0.2, 0.25) is 0 Å². The molecule has 1 heterocycles. The second-order valence-electron chi connectivity index (χ2n) is 3.88. The Labute approximate surface area is 107 Å². The molecule has 2 aromatic rings. The molecule has 19 heavy (non-hydrogen) atoms. The maximum absolute atomic E-state index is 12.6. The lowest BCUT2D eigenvalue weighted by molar-refractivity contribution is -0.137. The Morgan fingerprint density at radius 3 is 2.47 bits per heavy atom. The summed E-state index contributed by atoms with van der Waals surface area (Å²) < 4.78 is 42.8. The number of aromatic nitrogens is 1. The number of methoxy groups -OCH3 is 1. The Hall–Kier alpha value is -2.24. The molecular formula is C13H11F3N2O. The molecule has 0 aliphatic rings. The first kappa shape index (κ1) is 13.2. The predicted octanol–water partition coefficient (Wildman–Crippen LogP) is 3.36. The van der Waals surface area contributed by atoms with Gasteiger partial charge >= 0.3 is 6.18 Å². The van der Waals surface area contributed by atoms with Crippen LogP contribution in [0, 0.1) is 0 Å². The van der Waals surface area contributed by atoms with Crippen molar-refractivity contribution in [2.24, 2.45) is 0 Å². The van der Waals surface area contributed by atoms with Crippen molar-refractivity contribution in [2.45, 2.75) is 6.18 Å². The fourth-order valence-electron chi connectivity index (χ4n) is 1.75. The van der Waals surface area contributed by atoms with Crippen LogP contribution in [0.5, 0.6) is 5.75 Å². The third-order valence-corrected chi connectivity index (χ3v) is 2.67. The summed E-state index contributed by atoms with van der Waals surface area (Å²) in [5.74, 6) is 0.501. The molecule has 0 atom stereocenters. The van der Waals surface area contributed by atoms with Crippen LogP contribution < -0.4 is 10.5 Å². The van der Waals surface area contributed by atoms with Crippen molar-refractivity contribution in [3.8, 4) is 16.9 Å². The minimum atomic E-state index is -4.41. The van der Waals surface area contributed by atoms with Crippen molar-refractivity contribution in [3.05, 3.63) is 42.2 Å². The van der Waals surface area contributed by atoms with Crippen molar-refractivity contribution in [3.63, 3.8) is 0 Å². The van der Waals surface area contributed by atoms with Crippen molar-refractivity contribution >= 4 is 5.69 Å². The molecule has 0 bridgehead atoms. The summed E-state index contributed by atoms with van der Waals surface area (Å²) in [6, 6.07) is 4.82. The van der Waals surface area contributed by atoms with Crippen LogP contribution >= 0.6 is 0 Å². The van der Waals surface area contributed by atoms with Crippen molar-refractivity contribution in [1.82, 2.24) is 4.98 Å². The molecule has 0 unspecified atom stereocenters. The van der Waals surface area contributed by atoms with Crippen LogP contribution in [0.2, 0.25) is 0 Å². The van der Waals surface area contributed by atoms with E-state index in [4.69, 9.17) is 10.5 Å². The van der Waals surface area contributed by atoms with Gasteiger partial charge in [-0.2, -0.15) is 13.2 Å². The van der Waals surface area contributed by atoms with E-state index in [1.165, 1.54) is 25.6 Å². The largest absolute Gasteiger partial charge is 0.496 e. The maximum atomic E-state index is 12.6. The second kappa shape index (κ2) is 4.79. The van der Waals surface area contributed by atoms with Gasteiger partial charge in [0.25, 0.3) is 0 Å². The number of rotatable bonds is 2.